The molecule has 4 atom stereocenters. The van der Waals surface area contributed by atoms with Crippen LogP contribution in [0.15, 0.2) is 54.6 Å². The first-order chi connectivity index (χ1) is 14.4. The van der Waals surface area contributed by atoms with Gasteiger partial charge in [-0.15, -0.1) is 0 Å². The Morgan fingerprint density at radius 2 is 1.80 bits per heavy atom. The van der Waals surface area contributed by atoms with Crippen LogP contribution in [0.3, 0.4) is 0 Å². The number of nitrogens with zero attached hydrogens (tertiary/aromatic N) is 1. The van der Waals surface area contributed by atoms with Gasteiger partial charge in [0.05, 0.1) is 19.6 Å². The molecule has 2 aromatic rings. The quantitative estimate of drug-likeness (QED) is 0.697. The summed E-state index contributed by atoms with van der Waals surface area (Å²) in [5, 5.41) is 13.2. The topological polar surface area (TPSA) is 78.9 Å². The van der Waals surface area contributed by atoms with Gasteiger partial charge in [0.1, 0.15) is 5.75 Å². The number of methoxy groups -OCH3 is 1. The van der Waals surface area contributed by atoms with Gasteiger partial charge in [-0.2, -0.15) is 0 Å². The normalized spacial score (nSPS) is 22.4. The Labute approximate surface area is 177 Å². The number of likely N-dealkylation sites (tertiary alicyclic amines) is 1. The zero-order chi connectivity index (χ0) is 21.7. The van der Waals surface area contributed by atoms with Gasteiger partial charge in [0.15, 0.2) is 0 Å². The molecule has 30 heavy (non-hydrogen) atoms. The van der Waals surface area contributed by atoms with Crippen molar-refractivity contribution in [2.75, 3.05) is 20.2 Å². The van der Waals surface area contributed by atoms with E-state index >= 15 is 0 Å². The third-order valence-corrected chi connectivity index (χ3v) is 5.93. The van der Waals surface area contributed by atoms with Crippen LogP contribution in [0, 0.1) is 5.92 Å². The highest BCUT2D eigenvalue weighted by molar-refractivity contribution is 5.79. The number of benzene rings is 2. The number of amides is 1. The molecular formula is C24H30N2O4. The van der Waals surface area contributed by atoms with E-state index in [-0.39, 0.29) is 24.4 Å². The third-order valence-electron chi connectivity index (χ3n) is 5.93. The van der Waals surface area contributed by atoms with Crippen molar-refractivity contribution in [3.05, 3.63) is 65.7 Å². The number of hydrogen-bond acceptors (Lipinski definition) is 4. The number of nitrogens with one attached hydrogen (secondary N) is 1. The Hall–Kier alpha value is -2.86. The Bertz CT molecular complexity index is 853. The second kappa shape index (κ2) is 9.76. The van der Waals surface area contributed by atoms with Crippen LogP contribution in [0.4, 0.5) is 0 Å². The van der Waals surface area contributed by atoms with Crippen LogP contribution in [-0.2, 0) is 9.59 Å². The molecule has 2 N–H and O–H groups in total. The molecule has 6 nitrogen and oxygen atoms in total. The van der Waals surface area contributed by atoms with Gasteiger partial charge in [-0.25, -0.2) is 0 Å². The van der Waals surface area contributed by atoms with Crippen molar-refractivity contribution >= 4 is 11.9 Å². The summed E-state index contributed by atoms with van der Waals surface area (Å²) in [7, 11) is 1.60. The smallest absolute Gasteiger partial charge is 0.309 e. The standard InChI is InChI=1S/C24H30N2O4/c1-4-16(2)25-21(27)15-26-14-20(17-8-6-5-7-9-17)22(24(28)29)23(26)18-10-12-19(30-3)13-11-18/h5-13,16,20,22-23H,4,14-15H2,1-3H3,(H,25,27)(H,28,29). The number of rotatable bonds is 8. The van der Waals surface area contributed by atoms with Crippen LogP contribution in [-0.4, -0.2) is 48.1 Å². The highest BCUT2D eigenvalue weighted by atomic mass is 16.5. The lowest BCUT2D eigenvalue weighted by Gasteiger charge is -2.27. The number of ether oxygens (including phenoxy) is 1. The summed E-state index contributed by atoms with van der Waals surface area (Å²) in [5.74, 6) is -1.08. The SMILES string of the molecule is CCC(C)NC(=O)CN1CC(c2ccccc2)C(C(=O)O)C1c1ccc(OC)cc1. The number of aliphatic carboxylic acids is 1. The third kappa shape index (κ3) is 4.82. The van der Waals surface area contributed by atoms with Crippen LogP contribution < -0.4 is 10.1 Å². The minimum absolute atomic E-state index is 0.0827. The minimum atomic E-state index is -0.852. The van der Waals surface area contributed by atoms with Crippen LogP contribution in [0.2, 0.25) is 0 Å². The van der Waals surface area contributed by atoms with Crippen LogP contribution in [0.25, 0.3) is 0 Å². The lowest BCUT2D eigenvalue weighted by molar-refractivity contribution is -0.143. The Morgan fingerprint density at radius 1 is 1.13 bits per heavy atom. The first-order valence-electron chi connectivity index (χ1n) is 10.4. The Balaban J connectivity index is 1.96. The Kier molecular flexibility index (Phi) is 7.11. The minimum Gasteiger partial charge on any atom is -0.497 e. The molecule has 0 bridgehead atoms. The lowest BCUT2D eigenvalue weighted by atomic mass is 9.83. The monoisotopic (exact) mass is 410 g/mol. The molecule has 1 heterocycles. The molecule has 3 rings (SSSR count). The molecule has 4 unspecified atom stereocenters. The second-order valence-corrected chi connectivity index (χ2v) is 7.91. The van der Waals surface area contributed by atoms with Crippen LogP contribution in [0.1, 0.15) is 43.4 Å². The van der Waals surface area contributed by atoms with Gasteiger partial charge < -0.3 is 15.2 Å². The fourth-order valence-corrected chi connectivity index (χ4v) is 4.24. The van der Waals surface area contributed by atoms with E-state index in [0.29, 0.717) is 12.3 Å². The van der Waals surface area contributed by atoms with Gasteiger partial charge in [-0.3, -0.25) is 14.5 Å². The van der Waals surface area contributed by atoms with Crippen molar-refractivity contribution in [2.45, 2.75) is 38.3 Å². The fraction of sp³-hybridized carbons (Fsp3) is 0.417. The van der Waals surface area contributed by atoms with Crippen molar-refractivity contribution in [1.82, 2.24) is 10.2 Å². The molecule has 1 fully saturated rings. The molecule has 1 aliphatic rings. The Morgan fingerprint density at radius 3 is 2.37 bits per heavy atom. The van der Waals surface area contributed by atoms with Crippen molar-refractivity contribution in [3.8, 4) is 5.75 Å². The molecule has 1 aliphatic heterocycles. The lowest BCUT2D eigenvalue weighted by Crippen LogP contribution is -2.41. The first kappa shape index (κ1) is 21.8. The predicted octanol–water partition coefficient (Wildman–Crippen LogP) is 3.45. The molecular weight excluding hydrogens is 380 g/mol. The maximum absolute atomic E-state index is 12.6. The van der Waals surface area contributed by atoms with Crippen LogP contribution >= 0.6 is 0 Å². The van der Waals surface area contributed by atoms with Crippen molar-refractivity contribution in [2.24, 2.45) is 5.92 Å². The number of carbonyl (C=O) groups excluding carboxylic acids is 1. The average Bonchev–Trinajstić information content (AvgIpc) is 3.13. The molecule has 1 amide bonds. The zero-order valence-electron chi connectivity index (χ0n) is 17.7. The van der Waals surface area contributed by atoms with E-state index in [4.69, 9.17) is 4.74 Å². The van der Waals surface area contributed by atoms with Gasteiger partial charge in [-0.1, -0.05) is 49.4 Å². The van der Waals surface area contributed by atoms with E-state index in [1.165, 1.54) is 0 Å². The molecule has 0 aliphatic carbocycles. The summed E-state index contributed by atoms with van der Waals surface area (Å²) in [4.78, 5) is 27.0. The summed E-state index contributed by atoms with van der Waals surface area (Å²) in [5.41, 5.74) is 1.85. The fourth-order valence-electron chi connectivity index (χ4n) is 4.24. The van der Waals surface area contributed by atoms with Gasteiger partial charge in [0.2, 0.25) is 5.91 Å². The molecule has 0 spiro atoms. The zero-order valence-corrected chi connectivity index (χ0v) is 17.7. The summed E-state index contributed by atoms with van der Waals surface area (Å²) in [6, 6.07) is 16.8. The number of carboxylic acids is 1. The predicted molar refractivity (Wildman–Crippen MR) is 116 cm³/mol. The van der Waals surface area contributed by atoms with Gasteiger partial charge >= 0.3 is 5.97 Å². The molecule has 1 saturated heterocycles. The van der Waals surface area contributed by atoms with Gasteiger partial charge in [0.25, 0.3) is 0 Å². The molecule has 0 saturated carbocycles. The number of hydrogen-bond donors (Lipinski definition) is 2. The van der Waals surface area contributed by atoms with E-state index < -0.39 is 17.9 Å². The maximum atomic E-state index is 12.6. The first-order valence-corrected chi connectivity index (χ1v) is 10.4. The van der Waals surface area contributed by atoms with Gasteiger partial charge in [0, 0.05) is 24.5 Å². The van der Waals surface area contributed by atoms with Crippen molar-refractivity contribution in [1.29, 1.82) is 0 Å². The average molecular weight is 411 g/mol. The van der Waals surface area contributed by atoms with Crippen molar-refractivity contribution < 1.29 is 19.4 Å². The molecule has 0 aromatic heterocycles. The summed E-state index contributed by atoms with van der Waals surface area (Å²) in [6.45, 7) is 4.66. The van der Waals surface area contributed by atoms with E-state index in [2.05, 4.69) is 5.32 Å². The molecule has 160 valence electrons. The van der Waals surface area contributed by atoms with Crippen LogP contribution in [0.5, 0.6) is 5.75 Å². The van der Waals surface area contributed by atoms with Crippen molar-refractivity contribution in [3.63, 3.8) is 0 Å². The number of carboxylic acid groups (broad SMARTS) is 1. The highest BCUT2D eigenvalue weighted by Gasteiger charge is 2.47. The summed E-state index contributed by atoms with van der Waals surface area (Å²) < 4.78 is 5.25. The number of carbonyl (C=O) groups is 2. The largest absolute Gasteiger partial charge is 0.497 e. The van der Waals surface area contributed by atoms with Gasteiger partial charge in [-0.05, 0) is 36.6 Å². The summed E-state index contributed by atoms with van der Waals surface area (Å²) in [6.07, 6.45) is 0.845. The van der Waals surface area contributed by atoms with E-state index in [1.807, 2.05) is 73.3 Å². The van der Waals surface area contributed by atoms with E-state index in [0.717, 1.165) is 17.5 Å². The molecule has 2 aromatic carbocycles. The van der Waals surface area contributed by atoms with E-state index in [1.54, 1.807) is 7.11 Å². The molecule has 0 radical (unpaired) electrons. The maximum Gasteiger partial charge on any atom is 0.309 e. The second-order valence-electron chi connectivity index (χ2n) is 7.91. The highest BCUT2D eigenvalue weighted by Crippen LogP contribution is 2.45. The van der Waals surface area contributed by atoms with E-state index in [9.17, 15) is 14.7 Å². The molecule has 6 heteroatoms. The summed E-state index contributed by atoms with van der Waals surface area (Å²) >= 11 is 0.